The van der Waals surface area contributed by atoms with Crippen molar-refractivity contribution in [2.45, 2.75) is 52.5 Å². The van der Waals surface area contributed by atoms with E-state index in [4.69, 9.17) is 9.84 Å². The fourth-order valence-electron chi connectivity index (χ4n) is 4.44. The predicted octanol–water partition coefficient (Wildman–Crippen LogP) is 7.27. The van der Waals surface area contributed by atoms with Crippen LogP contribution in [0.2, 0.25) is 0 Å². The van der Waals surface area contributed by atoms with Crippen molar-refractivity contribution in [2.75, 3.05) is 11.9 Å². The molecule has 0 saturated heterocycles. The summed E-state index contributed by atoms with van der Waals surface area (Å²) in [5, 5.41) is 12.8. The number of nitrogens with one attached hydrogen (secondary N) is 1. The smallest absolute Gasteiger partial charge is 0.303 e. The largest absolute Gasteiger partial charge is 0.491 e. The van der Waals surface area contributed by atoms with Crippen molar-refractivity contribution in [1.82, 2.24) is 4.57 Å². The molecule has 39 heavy (non-hydrogen) atoms. The summed E-state index contributed by atoms with van der Waals surface area (Å²) in [4.78, 5) is 23.5. The molecule has 202 valence electrons. The zero-order chi connectivity index (χ0) is 28.0. The van der Waals surface area contributed by atoms with Gasteiger partial charge in [-0.15, -0.1) is 0 Å². The summed E-state index contributed by atoms with van der Waals surface area (Å²) < 4.78 is 7.93. The van der Waals surface area contributed by atoms with Crippen LogP contribution in [0.4, 0.5) is 5.69 Å². The lowest BCUT2D eigenvalue weighted by molar-refractivity contribution is -0.137. The van der Waals surface area contributed by atoms with Gasteiger partial charge in [0.1, 0.15) is 5.75 Å². The van der Waals surface area contributed by atoms with Gasteiger partial charge in [-0.05, 0) is 71.4 Å². The lowest BCUT2D eigenvalue weighted by atomic mass is 9.87. The standard InChI is InChI=1S/C33H36N2O4/c1-23(20-31(36)34-28-8-5-6-9-30(28)39-19-7-10-32(37)38)25-13-16-29-26(21-25)17-18-35(29)22-24-11-14-27(15-12-24)33(2,3)4/h5-6,8-9,11-18,20-21H,7,10,19,22H2,1-4H3,(H,34,36)(H,37,38)/b23-20+. The van der Waals surface area contributed by atoms with Crippen molar-refractivity contribution >= 4 is 34.0 Å². The molecule has 2 N–H and O–H groups in total. The van der Waals surface area contributed by atoms with Crippen LogP contribution in [-0.2, 0) is 21.5 Å². The molecule has 6 nitrogen and oxygen atoms in total. The molecule has 0 fully saturated rings. The quantitative estimate of drug-likeness (QED) is 0.169. The van der Waals surface area contributed by atoms with Crippen molar-refractivity contribution in [3.8, 4) is 5.75 Å². The third-order valence-electron chi connectivity index (χ3n) is 6.68. The molecule has 0 saturated carbocycles. The molecule has 0 aliphatic carbocycles. The second kappa shape index (κ2) is 12.0. The molecule has 1 aromatic heterocycles. The van der Waals surface area contributed by atoms with Crippen molar-refractivity contribution in [3.63, 3.8) is 0 Å². The van der Waals surface area contributed by atoms with E-state index in [2.05, 4.69) is 79.3 Å². The van der Waals surface area contributed by atoms with E-state index in [0.29, 0.717) is 17.9 Å². The first-order chi connectivity index (χ1) is 18.6. The highest BCUT2D eigenvalue weighted by atomic mass is 16.5. The van der Waals surface area contributed by atoms with Gasteiger partial charge in [-0.1, -0.05) is 63.2 Å². The molecular weight excluding hydrogens is 488 g/mol. The Morgan fingerprint density at radius 1 is 1.00 bits per heavy atom. The summed E-state index contributed by atoms with van der Waals surface area (Å²) in [5.41, 5.74) is 6.23. The summed E-state index contributed by atoms with van der Waals surface area (Å²) in [7, 11) is 0. The summed E-state index contributed by atoms with van der Waals surface area (Å²) in [6, 6.07) is 24.3. The highest BCUT2D eigenvalue weighted by molar-refractivity contribution is 6.04. The van der Waals surface area contributed by atoms with E-state index >= 15 is 0 Å². The van der Waals surface area contributed by atoms with Crippen molar-refractivity contribution in [2.24, 2.45) is 0 Å². The molecule has 1 amide bonds. The maximum Gasteiger partial charge on any atom is 0.303 e. The minimum absolute atomic E-state index is 0.0364. The van der Waals surface area contributed by atoms with E-state index in [1.54, 1.807) is 18.2 Å². The Labute approximate surface area is 229 Å². The normalized spacial score (nSPS) is 11.9. The minimum Gasteiger partial charge on any atom is -0.491 e. The maximum atomic E-state index is 12.8. The monoisotopic (exact) mass is 524 g/mol. The van der Waals surface area contributed by atoms with E-state index in [9.17, 15) is 9.59 Å². The fourth-order valence-corrected chi connectivity index (χ4v) is 4.44. The number of ether oxygens (including phenoxy) is 1. The first kappa shape index (κ1) is 27.7. The lowest BCUT2D eigenvalue weighted by Crippen LogP contribution is -2.11. The SMILES string of the molecule is C/C(=C\C(=O)Nc1ccccc1OCCCC(=O)O)c1ccc2c(ccn2Cc2ccc(C(C)(C)C)cc2)c1. The van der Waals surface area contributed by atoms with Crippen molar-refractivity contribution < 1.29 is 19.4 Å². The molecule has 0 radical (unpaired) electrons. The average molecular weight is 525 g/mol. The number of para-hydroxylation sites is 2. The van der Waals surface area contributed by atoms with Gasteiger partial charge in [0.2, 0.25) is 5.91 Å². The molecule has 0 aliphatic rings. The Balaban J connectivity index is 1.43. The number of allylic oxidation sites excluding steroid dienone is 1. The number of nitrogens with zero attached hydrogens (tertiary/aromatic N) is 1. The minimum atomic E-state index is -0.860. The van der Waals surface area contributed by atoms with Gasteiger partial charge < -0.3 is 19.7 Å². The first-order valence-corrected chi connectivity index (χ1v) is 13.2. The number of hydrogen-bond acceptors (Lipinski definition) is 3. The number of rotatable bonds is 10. The molecule has 0 aliphatic heterocycles. The number of carboxylic acids is 1. The van der Waals surface area contributed by atoms with Crippen molar-refractivity contribution in [3.05, 3.63) is 102 Å². The highest BCUT2D eigenvalue weighted by Gasteiger charge is 2.13. The molecular formula is C33H36N2O4. The van der Waals surface area contributed by atoms with Gasteiger partial charge in [0.25, 0.3) is 0 Å². The van der Waals surface area contributed by atoms with Gasteiger partial charge in [-0.2, -0.15) is 0 Å². The number of hydrogen-bond donors (Lipinski definition) is 2. The number of carbonyl (C=O) groups is 2. The number of amides is 1. The number of aliphatic carboxylic acids is 1. The Morgan fingerprint density at radius 3 is 2.46 bits per heavy atom. The third kappa shape index (κ3) is 7.38. The third-order valence-corrected chi connectivity index (χ3v) is 6.68. The van der Waals surface area contributed by atoms with Crippen LogP contribution < -0.4 is 10.1 Å². The fraction of sp³-hybridized carbons (Fsp3) is 0.273. The summed E-state index contributed by atoms with van der Waals surface area (Å²) in [6.07, 6.45) is 4.11. The molecule has 6 heteroatoms. The van der Waals surface area contributed by atoms with Gasteiger partial charge in [-0.3, -0.25) is 9.59 Å². The van der Waals surface area contributed by atoms with E-state index in [-0.39, 0.29) is 24.3 Å². The molecule has 0 atom stereocenters. The number of anilines is 1. The van der Waals surface area contributed by atoms with Crippen LogP contribution in [0.15, 0.2) is 85.1 Å². The van der Waals surface area contributed by atoms with E-state index in [1.165, 1.54) is 11.1 Å². The number of fused-ring (bicyclic) bond motifs is 1. The van der Waals surface area contributed by atoms with E-state index < -0.39 is 5.97 Å². The Hall–Kier alpha value is -4.32. The predicted molar refractivity (Wildman–Crippen MR) is 157 cm³/mol. The Kier molecular flexibility index (Phi) is 8.55. The summed E-state index contributed by atoms with van der Waals surface area (Å²) >= 11 is 0. The van der Waals surface area contributed by atoms with Gasteiger partial charge in [0.15, 0.2) is 0 Å². The highest BCUT2D eigenvalue weighted by Crippen LogP contribution is 2.27. The second-order valence-electron chi connectivity index (χ2n) is 10.8. The molecule has 4 rings (SSSR count). The number of aromatic nitrogens is 1. The van der Waals surface area contributed by atoms with Gasteiger partial charge in [0, 0.05) is 36.1 Å². The zero-order valence-corrected chi connectivity index (χ0v) is 23.0. The van der Waals surface area contributed by atoms with Crippen LogP contribution in [-0.4, -0.2) is 28.2 Å². The van der Waals surface area contributed by atoms with Gasteiger partial charge in [-0.25, -0.2) is 0 Å². The average Bonchev–Trinajstić information content (AvgIpc) is 3.29. The number of benzene rings is 3. The zero-order valence-electron chi connectivity index (χ0n) is 23.0. The maximum absolute atomic E-state index is 12.8. The Bertz CT molecular complexity index is 1490. The van der Waals surface area contributed by atoms with Crippen LogP contribution >= 0.6 is 0 Å². The summed E-state index contributed by atoms with van der Waals surface area (Å²) in [6.45, 7) is 9.64. The molecule has 3 aromatic carbocycles. The van der Waals surface area contributed by atoms with Gasteiger partial charge >= 0.3 is 5.97 Å². The molecule has 0 spiro atoms. The van der Waals surface area contributed by atoms with Gasteiger partial charge in [0.05, 0.1) is 12.3 Å². The first-order valence-electron chi connectivity index (χ1n) is 13.2. The van der Waals surface area contributed by atoms with Crippen LogP contribution in [0.25, 0.3) is 16.5 Å². The number of carboxylic acid groups (broad SMARTS) is 1. The van der Waals surface area contributed by atoms with Crippen LogP contribution in [0.5, 0.6) is 5.75 Å². The second-order valence-corrected chi connectivity index (χ2v) is 10.8. The van der Waals surface area contributed by atoms with E-state index in [1.807, 2.05) is 25.1 Å². The molecule has 1 heterocycles. The number of carbonyl (C=O) groups excluding carboxylic acids is 1. The lowest BCUT2D eigenvalue weighted by Gasteiger charge is -2.19. The Morgan fingerprint density at radius 2 is 1.74 bits per heavy atom. The van der Waals surface area contributed by atoms with Crippen molar-refractivity contribution in [1.29, 1.82) is 0 Å². The molecule has 0 unspecified atom stereocenters. The molecule has 0 bridgehead atoms. The topological polar surface area (TPSA) is 80.6 Å². The molecule has 4 aromatic rings. The summed E-state index contributed by atoms with van der Waals surface area (Å²) in [5.74, 6) is -0.606. The van der Waals surface area contributed by atoms with Crippen LogP contribution in [0.3, 0.4) is 0 Å². The van der Waals surface area contributed by atoms with Crippen LogP contribution in [0, 0.1) is 0 Å². The van der Waals surface area contributed by atoms with Crippen LogP contribution in [0.1, 0.15) is 57.2 Å². The van der Waals surface area contributed by atoms with E-state index in [0.717, 1.165) is 28.6 Å².